The molecule has 26 heavy (non-hydrogen) atoms. The minimum Gasteiger partial charge on any atom is -0.469 e. The summed E-state index contributed by atoms with van der Waals surface area (Å²) in [5, 5.41) is 4.05. The molecule has 2 aliphatic heterocycles. The molecule has 0 saturated carbocycles. The molecule has 0 aliphatic carbocycles. The van der Waals surface area contributed by atoms with Gasteiger partial charge in [-0.1, -0.05) is 0 Å². The van der Waals surface area contributed by atoms with Crippen molar-refractivity contribution in [2.75, 3.05) is 51.4 Å². The first kappa shape index (κ1) is 16.6. The molecule has 0 bridgehead atoms. The summed E-state index contributed by atoms with van der Waals surface area (Å²) < 4.78 is 20.9. The van der Waals surface area contributed by atoms with Crippen molar-refractivity contribution in [3.63, 3.8) is 0 Å². The third kappa shape index (κ3) is 3.40. The minimum absolute atomic E-state index is 0.0436. The number of piperazine rings is 1. The fourth-order valence-electron chi connectivity index (χ4n) is 2.74. The number of carbonyl (C=O) groups excluding carboxylic acids is 1. The van der Waals surface area contributed by atoms with E-state index in [9.17, 15) is 4.79 Å². The molecule has 1 amide bonds. The van der Waals surface area contributed by atoms with Crippen molar-refractivity contribution < 1.29 is 23.5 Å². The molecule has 0 spiro atoms. The van der Waals surface area contributed by atoms with Gasteiger partial charge in [-0.15, -0.1) is 0 Å². The first-order chi connectivity index (χ1) is 12.7. The summed E-state index contributed by atoms with van der Waals surface area (Å²) >= 11 is 0. The van der Waals surface area contributed by atoms with Gasteiger partial charge in [0.2, 0.25) is 5.88 Å². The van der Waals surface area contributed by atoms with Crippen LogP contribution in [0.3, 0.4) is 0 Å². The first-order valence-electron chi connectivity index (χ1n) is 8.35. The molecule has 4 rings (SSSR count). The second-order valence-corrected chi connectivity index (χ2v) is 6.00. The number of methoxy groups -OCH3 is 1. The van der Waals surface area contributed by atoms with Gasteiger partial charge in [-0.25, -0.2) is 9.78 Å². The van der Waals surface area contributed by atoms with E-state index in [0.29, 0.717) is 57.1 Å². The zero-order chi connectivity index (χ0) is 17.9. The van der Waals surface area contributed by atoms with Crippen LogP contribution in [0.1, 0.15) is 0 Å². The maximum Gasteiger partial charge on any atom is 0.409 e. The highest BCUT2D eigenvalue weighted by Crippen LogP contribution is 2.24. The largest absolute Gasteiger partial charge is 0.469 e. The van der Waals surface area contributed by atoms with E-state index >= 15 is 0 Å². The van der Waals surface area contributed by atoms with E-state index in [2.05, 4.69) is 15.1 Å². The lowest BCUT2D eigenvalue weighted by atomic mass is 10.2. The Morgan fingerprint density at radius 1 is 1.27 bits per heavy atom. The third-order valence-electron chi connectivity index (χ3n) is 4.29. The Labute approximate surface area is 149 Å². The molecular weight excluding hydrogens is 342 g/mol. The number of carbonyl (C=O) groups is 1. The number of pyridine rings is 1. The Balaban J connectivity index is 1.42. The molecule has 10 heteroatoms. The molecule has 0 N–H and O–H groups in total. The fraction of sp³-hybridized carbons (Fsp3) is 0.500. The van der Waals surface area contributed by atoms with E-state index < -0.39 is 0 Å². The summed E-state index contributed by atoms with van der Waals surface area (Å²) in [6.07, 6.45) is 1.37. The highest BCUT2D eigenvalue weighted by atomic mass is 16.6. The third-order valence-corrected chi connectivity index (χ3v) is 4.29. The second-order valence-electron chi connectivity index (χ2n) is 6.00. The Kier molecular flexibility index (Phi) is 4.57. The SMILES string of the molecule is COC(=O)N1CCN(c2noc(-c3ccnc(OC4COC4)c3)n2)CC1. The lowest BCUT2D eigenvalue weighted by Gasteiger charge is -2.32. The zero-order valence-corrected chi connectivity index (χ0v) is 14.3. The van der Waals surface area contributed by atoms with Crippen molar-refractivity contribution in [2.24, 2.45) is 0 Å². The Morgan fingerprint density at radius 2 is 2.08 bits per heavy atom. The van der Waals surface area contributed by atoms with Crippen LogP contribution in [-0.2, 0) is 9.47 Å². The highest BCUT2D eigenvalue weighted by Gasteiger charge is 2.25. The van der Waals surface area contributed by atoms with Gasteiger partial charge < -0.3 is 28.5 Å². The lowest BCUT2D eigenvalue weighted by molar-refractivity contribution is -0.0813. The van der Waals surface area contributed by atoms with E-state index in [0.717, 1.165) is 5.56 Å². The number of amides is 1. The van der Waals surface area contributed by atoms with Crippen molar-refractivity contribution in [2.45, 2.75) is 6.10 Å². The van der Waals surface area contributed by atoms with Gasteiger partial charge in [0.1, 0.15) is 6.10 Å². The number of hydrogen-bond donors (Lipinski definition) is 0. The molecule has 0 radical (unpaired) electrons. The van der Waals surface area contributed by atoms with E-state index in [4.69, 9.17) is 18.7 Å². The van der Waals surface area contributed by atoms with Gasteiger partial charge in [0.25, 0.3) is 11.8 Å². The summed E-state index contributed by atoms with van der Waals surface area (Å²) in [4.78, 5) is 23.8. The number of nitrogens with zero attached hydrogens (tertiary/aromatic N) is 5. The number of rotatable bonds is 4. The maximum atomic E-state index is 11.5. The fourth-order valence-corrected chi connectivity index (χ4v) is 2.74. The van der Waals surface area contributed by atoms with Gasteiger partial charge in [0.15, 0.2) is 0 Å². The van der Waals surface area contributed by atoms with Crippen molar-refractivity contribution in [3.05, 3.63) is 18.3 Å². The molecule has 0 aromatic carbocycles. The van der Waals surface area contributed by atoms with Crippen molar-refractivity contribution in [3.8, 4) is 17.3 Å². The molecule has 138 valence electrons. The molecular formula is C16H19N5O5. The summed E-state index contributed by atoms with van der Waals surface area (Å²) in [7, 11) is 1.38. The minimum atomic E-state index is -0.320. The monoisotopic (exact) mass is 361 g/mol. The molecule has 0 atom stereocenters. The zero-order valence-electron chi connectivity index (χ0n) is 14.3. The topological polar surface area (TPSA) is 103 Å². The molecule has 2 aromatic heterocycles. The summed E-state index contributed by atoms with van der Waals surface area (Å²) in [5.74, 6) is 1.39. The van der Waals surface area contributed by atoms with Crippen LogP contribution in [-0.4, -0.2) is 78.7 Å². The number of hydrogen-bond acceptors (Lipinski definition) is 9. The van der Waals surface area contributed by atoms with Gasteiger partial charge in [-0.2, -0.15) is 4.98 Å². The van der Waals surface area contributed by atoms with Crippen LogP contribution >= 0.6 is 0 Å². The predicted molar refractivity (Wildman–Crippen MR) is 89.0 cm³/mol. The van der Waals surface area contributed by atoms with E-state index in [1.165, 1.54) is 7.11 Å². The predicted octanol–water partition coefficient (Wildman–Crippen LogP) is 0.798. The second kappa shape index (κ2) is 7.16. The van der Waals surface area contributed by atoms with E-state index in [-0.39, 0.29) is 12.2 Å². The Hall–Kier alpha value is -2.88. The molecule has 10 nitrogen and oxygen atoms in total. The van der Waals surface area contributed by atoms with Crippen LogP contribution < -0.4 is 9.64 Å². The molecule has 2 aliphatic rings. The van der Waals surface area contributed by atoms with E-state index in [1.54, 1.807) is 23.2 Å². The number of anilines is 1. The maximum absolute atomic E-state index is 11.5. The van der Waals surface area contributed by atoms with E-state index in [1.807, 2.05) is 4.90 Å². The first-order valence-corrected chi connectivity index (χ1v) is 8.35. The van der Waals surface area contributed by atoms with Crippen LogP contribution in [0, 0.1) is 0 Å². The molecule has 2 saturated heterocycles. The van der Waals surface area contributed by atoms with Crippen molar-refractivity contribution in [1.29, 1.82) is 0 Å². The van der Waals surface area contributed by atoms with Crippen LogP contribution in [0.5, 0.6) is 5.88 Å². The van der Waals surface area contributed by atoms with Crippen molar-refractivity contribution in [1.82, 2.24) is 20.0 Å². The quantitative estimate of drug-likeness (QED) is 0.782. The van der Waals surface area contributed by atoms with Gasteiger partial charge >= 0.3 is 6.09 Å². The highest BCUT2D eigenvalue weighted by molar-refractivity contribution is 5.67. The van der Waals surface area contributed by atoms with Crippen LogP contribution in [0.25, 0.3) is 11.5 Å². The number of ether oxygens (including phenoxy) is 3. The lowest BCUT2D eigenvalue weighted by Crippen LogP contribution is -2.49. The average Bonchev–Trinajstić information content (AvgIpc) is 3.15. The van der Waals surface area contributed by atoms with Gasteiger partial charge in [0.05, 0.1) is 20.3 Å². The smallest absolute Gasteiger partial charge is 0.409 e. The van der Waals surface area contributed by atoms with Gasteiger partial charge in [0, 0.05) is 44.0 Å². The number of aromatic nitrogens is 3. The molecule has 2 fully saturated rings. The summed E-state index contributed by atoms with van der Waals surface area (Å²) in [6, 6.07) is 3.56. The molecule has 4 heterocycles. The normalized spacial score (nSPS) is 17.7. The Bertz CT molecular complexity index is 770. The molecule has 2 aromatic rings. The van der Waals surface area contributed by atoms with Crippen LogP contribution in [0.2, 0.25) is 0 Å². The van der Waals surface area contributed by atoms with Crippen LogP contribution in [0.4, 0.5) is 10.7 Å². The summed E-state index contributed by atoms with van der Waals surface area (Å²) in [6.45, 7) is 3.48. The standard InChI is InChI=1S/C16H19N5O5/c1-23-16(22)21-6-4-20(5-7-21)15-18-14(26-19-15)11-2-3-17-13(8-11)25-12-9-24-10-12/h2-3,8,12H,4-7,9-10H2,1H3. The van der Waals surface area contributed by atoms with Crippen molar-refractivity contribution >= 4 is 12.0 Å². The van der Waals surface area contributed by atoms with Gasteiger partial charge in [-0.05, 0) is 11.2 Å². The average molecular weight is 361 g/mol. The molecule has 0 unspecified atom stereocenters. The summed E-state index contributed by atoms with van der Waals surface area (Å²) in [5.41, 5.74) is 0.738. The Morgan fingerprint density at radius 3 is 2.77 bits per heavy atom. The van der Waals surface area contributed by atoms with Gasteiger partial charge in [-0.3, -0.25) is 0 Å². The van der Waals surface area contributed by atoms with Crippen LogP contribution in [0.15, 0.2) is 22.9 Å².